The number of amides is 1. The topological polar surface area (TPSA) is 92.5 Å². The van der Waals surface area contributed by atoms with E-state index in [0.717, 1.165) is 19.4 Å². The number of hydrogen-bond acceptors (Lipinski definition) is 4. The van der Waals surface area contributed by atoms with Gasteiger partial charge in [-0.05, 0) is 63.3 Å². The Morgan fingerprint density at radius 3 is 2.46 bits per heavy atom. The molecule has 1 saturated heterocycles. The zero-order valence-electron chi connectivity index (χ0n) is 15.6. The van der Waals surface area contributed by atoms with Crippen LogP contribution >= 0.6 is 12.4 Å². The van der Waals surface area contributed by atoms with E-state index < -0.39 is 10.0 Å². The van der Waals surface area contributed by atoms with Crippen LogP contribution in [-0.2, 0) is 10.0 Å². The molecule has 3 atom stereocenters. The Morgan fingerprint density at radius 2 is 1.92 bits per heavy atom. The second-order valence-electron chi connectivity index (χ2n) is 6.97. The zero-order chi connectivity index (χ0) is 18.6. The van der Waals surface area contributed by atoms with Crippen LogP contribution in [0, 0.1) is 5.92 Å². The first kappa shape index (κ1) is 22.9. The van der Waals surface area contributed by atoms with Crippen LogP contribution in [0.25, 0.3) is 0 Å². The van der Waals surface area contributed by atoms with E-state index in [1.54, 1.807) is 12.1 Å². The summed E-state index contributed by atoms with van der Waals surface area (Å²) in [6.45, 7) is 7.09. The van der Waals surface area contributed by atoms with E-state index >= 15 is 0 Å². The fourth-order valence-electron chi connectivity index (χ4n) is 3.00. The molecule has 1 aliphatic heterocycles. The Bertz CT molecular complexity index is 692. The number of likely N-dealkylation sites (tertiary alicyclic amines) is 1. The van der Waals surface area contributed by atoms with Crippen LogP contribution < -0.4 is 10.5 Å². The van der Waals surface area contributed by atoms with Gasteiger partial charge in [0.2, 0.25) is 10.0 Å². The average Bonchev–Trinajstić information content (AvgIpc) is 2.60. The van der Waals surface area contributed by atoms with Crippen LogP contribution in [-0.4, -0.2) is 44.4 Å². The van der Waals surface area contributed by atoms with Crippen molar-refractivity contribution in [1.82, 2.24) is 9.62 Å². The van der Waals surface area contributed by atoms with Crippen LogP contribution in [0.4, 0.5) is 0 Å². The number of sulfonamides is 1. The standard InChI is InChI=1S/C18H29N3O3S.ClH/c1-4-13(2)20-25(23,24)17-9-7-15(8-10-17)18(22)21-11-5-6-16(12-21)14(3)19;/h7-10,13-14,16,20H,4-6,11-12,19H2,1-3H3;1H. The Hall–Kier alpha value is -1.15. The third-order valence-corrected chi connectivity index (χ3v) is 6.47. The molecule has 0 saturated carbocycles. The summed E-state index contributed by atoms with van der Waals surface area (Å²) in [7, 11) is -3.55. The molecular weight excluding hydrogens is 374 g/mol. The lowest BCUT2D eigenvalue weighted by atomic mass is 9.92. The number of carbonyl (C=O) groups excluding carboxylic acids is 1. The molecule has 0 spiro atoms. The molecule has 1 aliphatic rings. The summed E-state index contributed by atoms with van der Waals surface area (Å²) in [6.07, 6.45) is 2.70. The molecule has 1 amide bonds. The molecule has 8 heteroatoms. The van der Waals surface area contributed by atoms with Gasteiger partial charge < -0.3 is 10.6 Å². The molecule has 0 bridgehead atoms. The highest BCUT2D eigenvalue weighted by Crippen LogP contribution is 2.21. The molecule has 26 heavy (non-hydrogen) atoms. The predicted molar refractivity (Wildman–Crippen MR) is 106 cm³/mol. The fraction of sp³-hybridized carbons (Fsp3) is 0.611. The van der Waals surface area contributed by atoms with Crippen molar-refractivity contribution in [2.45, 2.75) is 57.0 Å². The quantitative estimate of drug-likeness (QED) is 0.762. The maximum absolute atomic E-state index is 12.7. The normalized spacial score (nSPS) is 20.2. The lowest BCUT2D eigenvalue weighted by Gasteiger charge is -2.34. The van der Waals surface area contributed by atoms with E-state index in [-0.39, 0.29) is 35.3 Å². The molecule has 0 aliphatic carbocycles. The van der Waals surface area contributed by atoms with Gasteiger partial charge in [-0.3, -0.25) is 4.79 Å². The lowest BCUT2D eigenvalue weighted by molar-refractivity contribution is 0.0661. The van der Waals surface area contributed by atoms with E-state index in [0.29, 0.717) is 24.4 Å². The van der Waals surface area contributed by atoms with E-state index in [1.165, 1.54) is 12.1 Å². The summed E-state index contributed by atoms with van der Waals surface area (Å²) < 4.78 is 27.2. The molecule has 3 unspecified atom stereocenters. The van der Waals surface area contributed by atoms with Crippen molar-refractivity contribution in [2.24, 2.45) is 11.7 Å². The molecule has 0 aromatic heterocycles. The van der Waals surface area contributed by atoms with Crippen molar-refractivity contribution in [2.75, 3.05) is 13.1 Å². The first-order valence-electron chi connectivity index (χ1n) is 8.92. The zero-order valence-corrected chi connectivity index (χ0v) is 17.3. The predicted octanol–water partition coefficient (Wildman–Crippen LogP) is 2.38. The minimum absolute atomic E-state index is 0. The van der Waals surface area contributed by atoms with Gasteiger partial charge in [0.15, 0.2) is 0 Å². The maximum atomic E-state index is 12.7. The van der Waals surface area contributed by atoms with Gasteiger partial charge in [0.25, 0.3) is 5.91 Å². The van der Waals surface area contributed by atoms with Crippen LogP contribution in [0.2, 0.25) is 0 Å². The molecule has 3 N–H and O–H groups in total. The van der Waals surface area contributed by atoms with Crippen LogP contribution in [0.3, 0.4) is 0 Å². The van der Waals surface area contributed by atoms with E-state index in [4.69, 9.17) is 5.73 Å². The largest absolute Gasteiger partial charge is 0.338 e. The van der Waals surface area contributed by atoms with Gasteiger partial charge in [-0.1, -0.05) is 6.92 Å². The monoisotopic (exact) mass is 403 g/mol. The molecule has 6 nitrogen and oxygen atoms in total. The molecule has 1 heterocycles. The first-order chi connectivity index (χ1) is 11.7. The highest BCUT2D eigenvalue weighted by molar-refractivity contribution is 7.89. The second kappa shape index (κ2) is 9.69. The highest BCUT2D eigenvalue weighted by Gasteiger charge is 2.26. The number of rotatable bonds is 6. The summed E-state index contributed by atoms with van der Waals surface area (Å²) >= 11 is 0. The van der Waals surface area contributed by atoms with Gasteiger partial charge >= 0.3 is 0 Å². The number of nitrogens with one attached hydrogen (secondary N) is 1. The summed E-state index contributed by atoms with van der Waals surface area (Å²) in [5.74, 6) is 0.251. The smallest absolute Gasteiger partial charge is 0.253 e. The van der Waals surface area contributed by atoms with Gasteiger partial charge in [0, 0.05) is 30.7 Å². The molecule has 1 fully saturated rings. The Labute approximate surface area is 163 Å². The van der Waals surface area contributed by atoms with Crippen LogP contribution in [0.5, 0.6) is 0 Å². The highest BCUT2D eigenvalue weighted by atomic mass is 35.5. The molecule has 1 aromatic rings. The Kier molecular flexibility index (Phi) is 8.53. The number of nitrogens with two attached hydrogens (primary N) is 1. The summed E-state index contributed by atoms with van der Waals surface area (Å²) in [5.41, 5.74) is 6.48. The van der Waals surface area contributed by atoms with Gasteiger partial charge in [-0.2, -0.15) is 0 Å². The number of carbonyl (C=O) groups is 1. The SMILES string of the molecule is CCC(C)NS(=O)(=O)c1ccc(C(=O)N2CCCC(C(C)N)C2)cc1.Cl. The number of halogens is 1. The Balaban J connectivity index is 0.00000338. The summed E-state index contributed by atoms with van der Waals surface area (Å²) in [5, 5.41) is 0. The average molecular weight is 404 g/mol. The van der Waals surface area contributed by atoms with Crippen molar-refractivity contribution in [3.8, 4) is 0 Å². The van der Waals surface area contributed by atoms with Crippen LogP contribution in [0.15, 0.2) is 29.2 Å². The van der Waals surface area contributed by atoms with E-state index in [1.807, 2.05) is 25.7 Å². The van der Waals surface area contributed by atoms with Gasteiger partial charge in [0.1, 0.15) is 0 Å². The molecule has 2 rings (SSSR count). The van der Waals surface area contributed by atoms with Crippen molar-refractivity contribution >= 4 is 28.3 Å². The lowest BCUT2D eigenvalue weighted by Crippen LogP contribution is -2.45. The van der Waals surface area contributed by atoms with Crippen LogP contribution in [0.1, 0.15) is 50.4 Å². The molecule has 0 radical (unpaired) electrons. The number of nitrogens with zero attached hydrogens (tertiary/aromatic N) is 1. The fourth-order valence-corrected chi connectivity index (χ4v) is 4.33. The molecular formula is C18H30ClN3O3S. The van der Waals surface area contributed by atoms with Crippen molar-refractivity contribution in [1.29, 1.82) is 0 Å². The number of benzene rings is 1. The Morgan fingerprint density at radius 1 is 1.31 bits per heavy atom. The number of piperidine rings is 1. The van der Waals surface area contributed by atoms with E-state index in [2.05, 4.69) is 4.72 Å². The van der Waals surface area contributed by atoms with Crippen molar-refractivity contribution in [3.63, 3.8) is 0 Å². The second-order valence-corrected chi connectivity index (χ2v) is 8.68. The molecule has 148 valence electrons. The van der Waals surface area contributed by atoms with Crippen molar-refractivity contribution < 1.29 is 13.2 Å². The van der Waals surface area contributed by atoms with Gasteiger partial charge in [0.05, 0.1) is 4.90 Å². The number of hydrogen-bond donors (Lipinski definition) is 2. The minimum atomic E-state index is -3.55. The van der Waals surface area contributed by atoms with Gasteiger partial charge in [-0.15, -0.1) is 12.4 Å². The van der Waals surface area contributed by atoms with E-state index in [9.17, 15) is 13.2 Å². The third-order valence-electron chi connectivity index (χ3n) is 4.87. The minimum Gasteiger partial charge on any atom is -0.338 e. The third kappa shape index (κ3) is 5.67. The van der Waals surface area contributed by atoms with Gasteiger partial charge in [-0.25, -0.2) is 13.1 Å². The first-order valence-corrected chi connectivity index (χ1v) is 10.4. The summed E-state index contributed by atoms with van der Waals surface area (Å²) in [6, 6.07) is 6.09. The molecule has 1 aromatic carbocycles. The summed E-state index contributed by atoms with van der Waals surface area (Å²) in [4.78, 5) is 14.7. The maximum Gasteiger partial charge on any atom is 0.253 e. The van der Waals surface area contributed by atoms with Crippen molar-refractivity contribution in [3.05, 3.63) is 29.8 Å².